The summed E-state index contributed by atoms with van der Waals surface area (Å²) < 4.78 is 12.5. The first-order valence-corrected chi connectivity index (χ1v) is 11.3. The summed E-state index contributed by atoms with van der Waals surface area (Å²) in [6, 6.07) is 12.2. The highest BCUT2D eigenvalue weighted by molar-refractivity contribution is 7.07. The topological polar surface area (TPSA) is 68.4 Å². The van der Waals surface area contributed by atoms with Gasteiger partial charge >= 0.3 is 0 Å². The Labute approximate surface area is 189 Å². The summed E-state index contributed by atoms with van der Waals surface area (Å²) in [4.78, 5) is 27.5. The summed E-state index contributed by atoms with van der Waals surface area (Å²) in [5.74, 6) is 1.13. The van der Waals surface area contributed by atoms with E-state index >= 15 is 0 Å². The highest BCUT2D eigenvalue weighted by Gasteiger charge is 2.07. The van der Waals surface area contributed by atoms with Crippen LogP contribution in [-0.2, 0) is 0 Å². The van der Waals surface area contributed by atoms with Crippen molar-refractivity contribution in [1.29, 1.82) is 0 Å². The maximum atomic E-state index is 12.4. The van der Waals surface area contributed by atoms with Gasteiger partial charge in [-0.1, -0.05) is 31.0 Å². The Morgan fingerprint density at radius 1 is 1.10 bits per heavy atom. The minimum absolute atomic E-state index is 0.201. The van der Waals surface area contributed by atoms with Crippen LogP contribution in [0.3, 0.4) is 0 Å². The fourth-order valence-corrected chi connectivity index (χ4v) is 3.83. The Morgan fingerprint density at radius 2 is 1.87 bits per heavy atom. The van der Waals surface area contributed by atoms with E-state index in [1.807, 2.05) is 25.1 Å². The maximum absolute atomic E-state index is 12.4. The highest BCUT2D eigenvalue weighted by atomic mass is 35.5. The number of ether oxygens (including phenoxy) is 2. The molecule has 3 rings (SSSR count). The van der Waals surface area contributed by atoms with Crippen LogP contribution >= 0.6 is 22.9 Å². The molecule has 0 fully saturated rings. The van der Waals surface area contributed by atoms with Gasteiger partial charge in [-0.05, 0) is 61.4 Å². The number of aromatic amines is 1. The van der Waals surface area contributed by atoms with Crippen LogP contribution in [0.15, 0.2) is 47.3 Å². The van der Waals surface area contributed by atoms with Crippen LogP contribution in [0.2, 0.25) is 5.02 Å². The lowest BCUT2D eigenvalue weighted by molar-refractivity contribution is 0.106. The van der Waals surface area contributed by atoms with Crippen molar-refractivity contribution < 1.29 is 14.3 Å². The Balaban J connectivity index is 1.89. The summed E-state index contributed by atoms with van der Waals surface area (Å²) in [6.07, 6.45) is 5.21. The molecule has 0 saturated heterocycles. The van der Waals surface area contributed by atoms with E-state index in [9.17, 15) is 9.59 Å². The number of Topliss-reactive ketones (excluding diaryl/α,β-unsaturated/α-hetero) is 1. The summed E-state index contributed by atoms with van der Waals surface area (Å²) in [5.41, 5.74) is 1.07. The molecular weight excluding hydrogens is 434 g/mol. The number of carbonyl (C=O) groups is 1. The van der Waals surface area contributed by atoms with Crippen molar-refractivity contribution in [2.24, 2.45) is 0 Å². The van der Waals surface area contributed by atoms with Crippen LogP contribution in [0.1, 0.15) is 42.6 Å². The zero-order chi connectivity index (χ0) is 22.2. The van der Waals surface area contributed by atoms with Gasteiger partial charge in [-0.3, -0.25) is 9.59 Å². The molecule has 1 heterocycles. The fourth-order valence-electron chi connectivity index (χ4n) is 2.82. The molecule has 5 nitrogen and oxygen atoms in total. The van der Waals surface area contributed by atoms with Gasteiger partial charge in [0, 0.05) is 16.7 Å². The van der Waals surface area contributed by atoms with Crippen molar-refractivity contribution >= 4 is 40.9 Å². The predicted molar refractivity (Wildman–Crippen MR) is 126 cm³/mol. The third kappa shape index (κ3) is 6.32. The quantitative estimate of drug-likeness (QED) is 0.387. The number of halogens is 1. The Kier molecular flexibility index (Phi) is 8.09. The maximum Gasteiger partial charge on any atom is 0.266 e. The van der Waals surface area contributed by atoms with E-state index in [1.165, 1.54) is 17.4 Å². The molecule has 0 radical (unpaired) electrons. The number of carbonyl (C=O) groups excluding carboxylic acids is 1. The summed E-state index contributed by atoms with van der Waals surface area (Å²) in [7, 11) is 0. The summed E-state index contributed by atoms with van der Waals surface area (Å²) in [5, 5.41) is 0.561. The van der Waals surface area contributed by atoms with Crippen LogP contribution in [0, 0.1) is 0 Å². The van der Waals surface area contributed by atoms with Crippen molar-refractivity contribution in [2.75, 3.05) is 13.2 Å². The van der Waals surface area contributed by atoms with E-state index in [0.29, 0.717) is 44.5 Å². The van der Waals surface area contributed by atoms with E-state index < -0.39 is 0 Å². The normalized spacial score (nSPS) is 12.2. The molecule has 0 bridgehead atoms. The molecule has 2 aromatic carbocycles. The second kappa shape index (κ2) is 11.0. The molecular formula is C24H24ClNO4S. The average Bonchev–Trinajstić information content (AvgIpc) is 3.09. The van der Waals surface area contributed by atoms with Crippen molar-refractivity contribution in [3.63, 3.8) is 0 Å². The molecule has 0 aliphatic rings. The van der Waals surface area contributed by atoms with E-state index in [0.717, 1.165) is 18.4 Å². The fraction of sp³-hybridized carbons (Fsp3) is 0.250. The number of unbranched alkanes of at least 4 members (excludes halogenated alkanes) is 1. The van der Waals surface area contributed by atoms with Crippen molar-refractivity contribution in [1.82, 2.24) is 4.98 Å². The van der Waals surface area contributed by atoms with Gasteiger partial charge in [0.2, 0.25) is 0 Å². The second-order valence-corrected chi connectivity index (χ2v) is 8.31. The molecule has 0 atom stereocenters. The first kappa shape index (κ1) is 22.8. The first-order chi connectivity index (χ1) is 15.0. The van der Waals surface area contributed by atoms with Crippen LogP contribution in [0.4, 0.5) is 0 Å². The van der Waals surface area contributed by atoms with Gasteiger partial charge in [0.15, 0.2) is 17.3 Å². The van der Waals surface area contributed by atoms with Crippen molar-refractivity contribution in [3.8, 4) is 11.5 Å². The molecule has 7 heteroatoms. The van der Waals surface area contributed by atoms with Crippen molar-refractivity contribution in [3.05, 3.63) is 78.2 Å². The molecule has 0 unspecified atom stereocenters. The van der Waals surface area contributed by atoms with Gasteiger partial charge < -0.3 is 14.5 Å². The van der Waals surface area contributed by atoms with Crippen LogP contribution in [0.25, 0.3) is 12.2 Å². The number of H-pyrrole nitrogens is 1. The summed E-state index contributed by atoms with van der Waals surface area (Å²) in [6.45, 7) is 5.16. The minimum atomic E-state index is -0.249. The molecule has 162 valence electrons. The Morgan fingerprint density at radius 3 is 2.58 bits per heavy atom. The smallest absolute Gasteiger partial charge is 0.266 e. The van der Waals surface area contributed by atoms with Crippen LogP contribution in [-0.4, -0.2) is 24.0 Å². The van der Waals surface area contributed by atoms with E-state index in [1.54, 1.807) is 30.3 Å². The molecule has 0 aliphatic heterocycles. The molecule has 0 aliphatic carbocycles. The highest BCUT2D eigenvalue weighted by Crippen LogP contribution is 2.29. The average molecular weight is 458 g/mol. The van der Waals surface area contributed by atoms with Gasteiger partial charge in [0.05, 0.1) is 22.4 Å². The number of hydrogen-bond donors (Lipinski definition) is 1. The molecule has 1 N–H and O–H groups in total. The van der Waals surface area contributed by atoms with Gasteiger partial charge in [0.25, 0.3) is 5.56 Å². The lowest BCUT2D eigenvalue weighted by atomic mass is 10.1. The number of aromatic nitrogens is 1. The van der Waals surface area contributed by atoms with E-state index in [-0.39, 0.29) is 11.3 Å². The number of benzene rings is 2. The lowest BCUT2D eigenvalue weighted by Crippen LogP contribution is -2.20. The van der Waals surface area contributed by atoms with Gasteiger partial charge in [-0.15, -0.1) is 11.3 Å². The lowest BCUT2D eigenvalue weighted by Gasteiger charge is -2.12. The minimum Gasteiger partial charge on any atom is -0.490 e. The molecule has 31 heavy (non-hydrogen) atoms. The number of ketones is 1. The number of hydrogen-bond acceptors (Lipinski definition) is 5. The van der Waals surface area contributed by atoms with E-state index in [4.69, 9.17) is 21.1 Å². The second-order valence-electron chi connectivity index (χ2n) is 6.79. The van der Waals surface area contributed by atoms with Crippen LogP contribution < -0.4 is 24.2 Å². The van der Waals surface area contributed by atoms with Gasteiger partial charge in [0.1, 0.15) is 0 Å². The zero-order valence-electron chi connectivity index (χ0n) is 17.4. The molecule has 0 spiro atoms. The molecule has 0 saturated carbocycles. The Hall–Kier alpha value is -2.83. The van der Waals surface area contributed by atoms with E-state index in [2.05, 4.69) is 11.9 Å². The van der Waals surface area contributed by atoms with Crippen LogP contribution in [0.5, 0.6) is 11.5 Å². The predicted octanol–water partition coefficient (Wildman–Crippen LogP) is 4.16. The Bertz CT molecular complexity index is 1210. The molecule has 1 aromatic heterocycles. The molecule has 0 amide bonds. The standard InChI is InChI=1S/C24H24ClNO4S/c1-3-5-12-30-20-11-6-16(13-21(20)29-4-2)14-22-24(28)26-23(31-22)15-19(27)17-7-9-18(25)10-8-17/h6-11,13-15H,3-5,12H2,1-2H3,(H,26,28)/b22-14-,23-15-. The first-order valence-electron chi connectivity index (χ1n) is 10.1. The third-order valence-corrected chi connectivity index (χ3v) is 5.61. The van der Waals surface area contributed by atoms with Gasteiger partial charge in [-0.2, -0.15) is 0 Å². The monoisotopic (exact) mass is 457 g/mol. The largest absolute Gasteiger partial charge is 0.490 e. The molecule has 3 aromatic rings. The summed E-state index contributed by atoms with van der Waals surface area (Å²) >= 11 is 7.08. The SMILES string of the molecule is CCCCOc1ccc(/C=c2\s/c(=C\C(=O)c3ccc(Cl)cc3)[nH]c2=O)cc1OCC. The van der Waals surface area contributed by atoms with Crippen molar-refractivity contribution in [2.45, 2.75) is 26.7 Å². The third-order valence-electron chi connectivity index (χ3n) is 4.39. The number of nitrogens with one attached hydrogen (secondary N) is 1. The number of rotatable bonds is 9. The number of thiazole rings is 1. The van der Waals surface area contributed by atoms with Gasteiger partial charge in [-0.25, -0.2) is 0 Å². The zero-order valence-corrected chi connectivity index (χ0v) is 19.0.